The predicted molar refractivity (Wildman–Crippen MR) is 145 cm³/mol. The lowest BCUT2D eigenvalue weighted by atomic mass is 10.0. The molecule has 0 spiro atoms. The molecule has 0 aliphatic carbocycles. The molecular formula is C26H34IN3O5. The molecule has 190 valence electrons. The molecule has 8 nitrogen and oxygen atoms in total. The van der Waals surface area contributed by atoms with E-state index in [4.69, 9.17) is 4.74 Å². The number of aromatic carboxylic acids is 1. The Balaban J connectivity index is 2.17. The van der Waals surface area contributed by atoms with E-state index in [1.54, 1.807) is 39.0 Å². The van der Waals surface area contributed by atoms with E-state index in [2.05, 4.69) is 45.5 Å². The third kappa shape index (κ3) is 9.75. The maximum Gasteiger partial charge on any atom is 0.408 e. The van der Waals surface area contributed by atoms with Gasteiger partial charge in [0, 0.05) is 16.5 Å². The number of benzene rings is 2. The molecule has 0 saturated heterocycles. The van der Waals surface area contributed by atoms with E-state index in [1.807, 2.05) is 18.2 Å². The third-order valence-electron chi connectivity index (χ3n) is 4.99. The van der Waals surface area contributed by atoms with Crippen LogP contribution in [0, 0.1) is 3.57 Å². The van der Waals surface area contributed by atoms with E-state index in [-0.39, 0.29) is 17.9 Å². The normalized spacial score (nSPS) is 11.9. The molecule has 35 heavy (non-hydrogen) atoms. The number of hydrogen-bond donors (Lipinski definition) is 4. The summed E-state index contributed by atoms with van der Waals surface area (Å²) >= 11 is 2.16. The molecule has 0 heterocycles. The zero-order valence-corrected chi connectivity index (χ0v) is 22.8. The fraction of sp³-hybridized carbons (Fsp3) is 0.423. The first-order valence-corrected chi connectivity index (χ1v) is 12.7. The van der Waals surface area contributed by atoms with Crippen LogP contribution in [-0.2, 0) is 16.0 Å². The molecule has 0 aliphatic heterocycles. The molecule has 9 heteroatoms. The standard InChI is InChI=1S/C26H34IN3O5/c1-5-6-9-14-28-23(31)22(30-25(34)35-26(2,3)4)16-17-12-13-21(19(27)15-17)29-20-11-8-7-10-18(20)24(32)33/h7-8,10-13,15,22,29H,5-6,9,14,16H2,1-4H3,(H,28,31)(H,30,34)(H,32,33). The van der Waals surface area contributed by atoms with Crippen LogP contribution >= 0.6 is 22.6 Å². The van der Waals surface area contributed by atoms with Crippen molar-refractivity contribution >= 4 is 51.9 Å². The Morgan fingerprint density at radius 1 is 1.06 bits per heavy atom. The van der Waals surface area contributed by atoms with Gasteiger partial charge in [0.2, 0.25) is 5.91 Å². The molecule has 0 fully saturated rings. The fourth-order valence-corrected chi connectivity index (χ4v) is 4.03. The van der Waals surface area contributed by atoms with Gasteiger partial charge in [-0.3, -0.25) is 4.79 Å². The van der Waals surface area contributed by atoms with Crippen molar-refractivity contribution < 1.29 is 24.2 Å². The minimum absolute atomic E-state index is 0.175. The number of rotatable bonds is 11. The number of para-hydroxylation sites is 1. The van der Waals surface area contributed by atoms with Crippen LogP contribution in [0.15, 0.2) is 42.5 Å². The van der Waals surface area contributed by atoms with Crippen LogP contribution in [-0.4, -0.2) is 41.3 Å². The summed E-state index contributed by atoms with van der Waals surface area (Å²) in [7, 11) is 0. The minimum atomic E-state index is -1.01. The number of alkyl carbamates (subject to hydrolysis) is 1. The van der Waals surface area contributed by atoms with Crippen LogP contribution in [0.5, 0.6) is 0 Å². The smallest absolute Gasteiger partial charge is 0.408 e. The number of nitrogens with one attached hydrogen (secondary N) is 3. The monoisotopic (exact) mass is 595 g/mol. The Morgan fingerprint density at radius 3 is 2.40 bits per heavy atom. The van der Waals surface area contributed by atoms with Crippen LogP contribution in [0.2, 0.25) is 0 Å². The van der Waals surface area contributed by atoms with Gasteiger partial charge in [0.25, 0.3) is 0 Å². The van der Waals surface area contributed by atoms with Crippen molar-refractivity contribution in [1.29, 1.82) is 0 Å². The highest BCUT2D eigenvalue weighted by atomic mass is 127. The Labute approximate surface area is 220 Å². The van der Waals surface area contributed by atoms with Crippen LogP contribution in [0.3, 0.4) is 0 Å². The van der Waals surface area contributed by atoms with E-state index >= 15 is 0 Å². The minimum Gasteiger partial charge on any atom is -0.478 e. The first kappa shape index (κ1) is 28.4. The Kier molecular flexibility index (Phi) is 10.8. The van der Waals surface area contributed by atoms with Gasteiger partial charge >= 0.3 is 12.1 Å². The van der Waals surface area contributed by atoms with Gasteiger partial charge in [-0.1, -0.05) is 38.0 Å². The number of carboxylic acid groups (broad SMARTS) is 1. The highest BCUT2D eigenvalue weighted by Gasteiger charge is 2.25. The summed E-state index contributed by atoms with van der Waals surface area (Å²) < 4.78 is 6.20. The van der Waals surface area contributed by atoms with Gasteiger partial charge in [-0.15, -0.1) is 0 Å². The summed E-state index contributed by atoms with van der Waals surface area (Å²) in [5.74, 6) is -1.28. The van der Waals surface area contributed by atoms with Gasteiger partial charge in [0.15, 0.2) is 0 Å². The van der Waals surface area contributed by atoms with E-state index in [1.165, 1.54) is 6.07 Å². The van der Waals surface area contributed by atoms with Gasteiger partial charge in [0.05, 0.1) is 16.9 Å². The Hall–Kier alpha value is -2.82. The maximum atomic E-state index is 12.9. The molecule has 2 rings (SSSR count). The van der Waals surface area contributed by atoms with Crippen molar-refractivity contribution in [3.8, 4) is 0 Å². The van der Waals surface area contributed by atoms with E-state index in [0.717, 1.165) is 34.1 Å². The zero-order chi connectivity index (χ0) is 26.0. The van der Waals surface area contributed by atoms with Crippen LogP contribution in [0.1, 0.15) is 62.9 Å². The van der Waals surface area contributed by atoms with Gasteiger partial charge < -0.3 is 25.8 Å². The second-order valence-corrected chi connectivity index (χ2v) is 10.4. The van der Waals surface area contributed by atoms with Crippen LogP contribution < -0.4 is 16.0 Å². The SMILES string of the molecule is CCCCCNC(=O)C(Cc1ccc(Nc2ccccc2C(=O)O)c(I)c1)NC(=O)OC(C)(C)C. The van der Waals surface area contributed by atoms with Crippen molar-refractivity contribution in [2.24, 2.45) is 0 Å². The summed E-state index contributed by atoms with van der Waals surface area (Å²) in [6.45, 7) is 7.94. The molecular weight excluding hydrogens is 561 g/mol. The first-order valence-electron chi connectivity index (χ1n) is 11.6. The Bertz CT molecular complexity index is 1040. The second kappa shape index (κ2) is 13.3. The lowest BCUT2D eigenvalue weighted by molar-refractivity contribution is -0.123. The molecule has 0 radical (unpaired) electrons. The highest BCUT2D eigenvalue weighted by Crippen LogP contribution is 2.26. The largest absolute Gasteiger partial charge is 0.478 e. The molecule has 4 N–H and O–H groups in total. The summed E-state index contributed by atoms with van der Waals surface area (Å²) in [5.41, 5.74) is 1.57. The topological polar surface area (TPSA) is 117 Å². The average molecular weight is 595 g/mol. The lowest BCUT2D eigenvalue weighted by Crippen LogP contribution is -2.49. The van der Waals surface area contributed by atoms with E-state index in [9.17, 15) is 19.5 Å². The van der Waals surface area contributed by atoms with Crippen molar-refractivity contribution in [1.82, 2.24) is 10.6 Å². The molecule has 2 aromatic rings. The van der Waals surface area contributed by atoms with E-state index in [0.29, 0.717) is 12.2 Å². The summed E-state index contributed by atoms with van der Waals surface area (Å²) in [5, 5.41) is 18.2. The number of carbonyl (C=O) groups excluding carboxylic acids is 2. The van der Waals surface area contributed by atoms with Gasteiger partial charge in [-0.05, 0) is 79.6 Å². The van der Waals surface area contributed by atoms with Crippen LogP contribution in [0.4, 0.5) is 16.2 Å². The summed E-state index contributed by atoms with van der Waals surface area (Å²) in [6.07, 6.45) is 2.57. The molecule has 2 aromatic carbocycles. The molecule has 1 atom stereocenters. The van der Waals surface area contributed by atoms with Crippen molar-refractivity contribution in [2.45, 2.75) is 65.0 Å². The number of amides is 2. The number of unbranched alkanes of at least 4 members (excludes halogenated alkanes) is 2. The summed E-state index contributed by atoms with van der Waals surface area (Å²) in [6, 6.07) is 11.5. The van der Waals surface area contributed by atoms with Gasteiger partial charge in [-0.2, -0.15) is 0 Å². The number of hydrogen-bond acceptors (Lipinski definition) is 5. The maximum absolute atomic E-state index is 12.9. The predicted octanol–water partition coefficient (Wildman–Crippen LogP) is 5.48. The first-order chi connectivity index (χ1) is 16.5. The third-order valence-corrected chi connectivity index (χ3v) is 5.88. The summed E-state index contributed by atoms with van der Waals surface area (Å²) in [4.78, 5) is 36.7. The van der Waals surface area contributed by atoms with Gasteiger partial charge in [0.1, 0.15) is 11.6 Å². The van der Waals surface area contributed by atoms with Crippen molar-refractivity contribution in [2.75, 3.05) is 11.9 Å². The zero-order valence-electron chi connectivity index (χ0n) is 20.6. The van der Waals surface area contributed by atoms with E-state index < -0.39 is 23.7 Å². The number of halogens is 1. The van der Waals surface area contributed by atoms with Crippen molar-refractivity contribution in [3.05, 3.63) is 57.2 Å². The number of anilines is 2. The molecule has 0 aliphatic rings. The molecule has 0 aromatic heterocycles. The number of ether oxygens (including phenoxy) is 1. The van der Waals surface area contributed by atoms with Gasteiger partial charge in [-0.25, -0.2) is 9.59 Å². The fourth-order valence-electron chi connectivity index (χ4n) is 3.32. The quantitative estimate of drug-likeness (QED) is 0.202. The molecule has 1 unspecified atom stereocenters. The molecule has 2 amide bonds. The Morgan fingerprint density at radius 2 is 1.77 bits per heavy atom. The lowest BCUT2D eigenvalue weighted by Gasteiger charge is -2.23. The average Bonchev–Trinajstić information content (AvgIpc) is 2.77. The number of carbonyl (C=O) groups is 3. The van der Waals surface area contributed by atoms with Crippen molar-refractivity contribution in [3.63, 3.8) is 0 Å². The second-order valence-electron chi connectivity index (χ2n) is 9.19. The van der Waals surface area contributed by atoms with Crippen LogP contribution in [0.25, 0.3) is 0 Å². The molecule has 0 saturated carbocycles. The number of carboxylic acids is 1. The highest BCUT2D eigenvalue weighted by molar-refractivity contribution is 14.1. The molecule has 0 bridgehead atoms.